The lowest BCUT2D eigenvalue weighted by Crippen LogP contribution is -2.43. The maximum atomic E-state index is 12.6. The summed E-state index contributed by atoms with van der Waals surface area (Å²) in [6.45, 7) is 1.05. The fourth-order valence-electron chi connectivity index (χ4n) is 2.68. The number of aromatic nitrogens is 2. The number of rotatable bonds is 4. The number of carbonyl (C=O) groups excluding carboxylic acids is 2. The summed E-state index contributed by atoms with van der Waals surface area (Å²) >= 11 is 1.38. The van der Waals surface area contributed by atoms with Crippen molar-refractivity contribution >= 4 is 28.3 Å². The molecular weight excluding hydrogens is 328 g/mol. The van der Waals surface area contributed by atoms with Gasteiger partial charge < -0.3 is 15.0 Å². The molecule has 0 saturated carbocycles. The fourth-order valence-corrected chi connectivity index (χ4v) is 3.21. The second-order valence-electron chi connectivity index (χ2n) is 5.51. The number of likely N-dealkylation sites (tertiary alicyclic amines) is 1. The summed E-state index contributed by atoms with van der Waals surface area (Å²) in [4.78, 5) is 34.8. The van der Waals surface area contributed by atoms with Crippen LogP contribution in [0.1, 0.15) is 23.2 Å². The summed E-state index contributed by atoms with van der Waals surface area (Å²) in [5.41, 5.74) is 0.497. The van der Waals surface area contributed by atoms with E-state index in [1.807, 2.05) is 5.38 Å². The lowest BCUT2D eigenvalue weighted by molar-refractivity contribution is -0.121. The van der Waals surface area contributed by atoms with E-state index >= 15 is 0 Å². The summed E-state index contributed by atoms with van der Waals surface area (Å²) in [7, 11) is 1.53. The Bertz CT molecular complexity index is 703. The Balaban J connectivity index is 1.63. The van der Waals surface area contributed by atoms with Crippen molar-refractivity contribution in [1.29, 1.82) is 0 Å². The molecule has 1 aliphatic rings. The topological polar surface area (TPSA) is 84.4 Å². The van der Waals surface area contributed by atoms with Crippen LogP contribution in [0.2, 0.25) is 0 Å². The first kappa shape index (κ1) is 16.4. The third-order valence-electron chi connectivity index (χ3n) is 3.93. The van der Waals surface area contributed by atoms with E-state index in [0.717, 1.165) is 12.8 Å². The van der Waals surface area contributed by atoms with Crippen LogP contribution in [-0.4, -0.2) is 46.9 Å². The van der Waals surface area contributed by atoms with Crippen molar-refractivity contribution in [2.45, 2.75) is 12.8 Å². The van der Waals surface area contributed by atoms with Crippen LogP contribution in [-0.2, 0) is 4.79 Å². The van der Waals surface area contributed by atoms with Crippen molar-refractivity contribution in [1.82, 2.24) is 14.9 Å². The number of carbonyl (C=O) groups is 2. The van der Waals surface area contributed by atoms with Gasteiger partial charge in [-0.25, -0.2) is 9.97 Å². The molecule has 2 aromatic rings. The quantitative estimate of drug-likeness (QED) is 0.916. The third kappa shape index (κ3) is 3.70. The molecule has 2 amide bonds. The van der Waals surface area contributed by atoms with E-state index in [4.69, 9.17) is 4.74 Å². The van der Waals surface area contributed by atoms with E-state index in [1.165, 1.54) is 24.6 Å². The largest absolute Gasteiger partial charge is 0.481 e. The smallest absolute Gasteiger partial charge is 0.255 e. The zero-order chi connectivity index (χ0) is 16.9. The van der Waals surface area contributed by atoms with Gasteiger partial charge in [-0.1, -0.05) is 0 Å². The highest BCUT2D eigenvalue weighted by molar-refractivity contribution is 7.13. The summed E-state index contributed by atoms with van der Waals surface area (Å²) in [5, 5.41) is 5.20. The number of amides is 2. The van der Waals surface area contributed by atoms with Gasteiger partial charge in [-0.15, -0.1) is 11.3 Å². The van der Waals surface area contributed by atoms with Gasteiger partial charge in [-0.3, -0.25) is 9.59 Å². The zero-order valence-corrected chi connectivity index (χ0v) is 14.1. The van der Waals surface area contributed by atoms with Gasteiger partial charge >= 0.3 is 0 Å². The maximum absolute atomic E-state index is 12.6. The van der Waals surface area contributed by atoms with Gasteiger partial charge in [-0.2, -0.15) is 0 Å². The SMILES string of the molecule is COc1ccc(C(=O)N2CCC[C@@H](C(=O)Nc3nccs3)C2)cn1. The second-order valence-corrected chi connectivity index (χ2v) is 6.40. The van der Waals surface area contributed by atoms with E-state index in [2.05, 4.69) is 15.3 Å². The fraction of sp³-hybridized carbons (Fsp3) is 0.375. The average Bonchev–Trinajstić information content (AvgIpc) is 3.14. The predicted octanol–water partition coefficient (Wildman–Crippen LogP) is 2.04. The minimum atomic E-state index is -0.224. The minimum absolute atomic E-state index is 0.0877. The Morgan fingerprint density at radius 2 is 2.25 bits per heavy atom. The van der Waals surface area contributed by atoms with Crippen molar-refractivity contribution < 1.29 is 14.3 Å². The molecule has 2 aromatic heterocycles. The molecule has 1 N–H and O–H groups in total. The van der Waals surface area contributed by atoms with Crippen molar-refractivity contribution in [3.63, 3.8) is 0 Å². The Labute approximate surface area is 143 Å². The van der Waals surface area contributed by atoms with Crippen LogP contribution in [0.3, 0.4) is 0 Å². The molecule has 3 heterocycles. The number of hydrogen-bond acceptors (Lipinski definition) is 6. The van der Waals surface area contributed by atoms with Gasteiger partial charge in [0.15, 0.2) is 5.13 Å². The number of nitrogens with one attached hydrogen (secondary N) is 1. The highest BCUT2D eigenvalue weighted by atomic mass is 32.1. The number of methoxy groups -OCH3 is 1. The van der Waals surface area contributed by atoms with Crippen molar-refractivity contribution in [2.24, 2.45) is 5.92 Å². The zero-order valence-electron chi connectivity index (χ0n) is 13.3. The van der Waals surface area contributed by atoms with E-state index in [9.17, 15) is 9.59 Å². The molecule has 0 bridgehead atoms. The highest BCUT2D eigenvalue weighted by Gasteiger charge is 2.29. The molecule has 126 valence electrons. The standard InChI is InChI=1S/C16H18N4O3S/c1-23-13-5-4-11(9-18-13)15(22)20-7-2-3-12(10-20)14(21)19-16-17-6-8-24-16/h4-6,8-9,12H,2-3,7,10H2,1H3,(H,17,19,21)/t12-/m1/s1. The average molecular weight is 346 g/mol. The van der Waals surface area contributed by atoms with Crippen LogP contribution in [0.15, 0.2) is 29.9 Å². The van der Waals surface area contributed by atoms with E-state index in [-0.39, 0.29) is 17.7 Å². The van der Waals surface area contributed by atoms with Gasteiger partial charge in [0.05, 0.1) is 18.6 Å². The second kappa shape index (κ2) is 7.39. The van der Waals surface area contributed by atoms with E-state index < -0.39 is 0 Å². The lowest BCUT2D eigenvalue weighted by Gasteiger charge is -2.31. The van der Waals surface area contributed by atoms with Crippen molar-refractivity contribution in [3.05, 3.63) is 35.5 Å². The summed E-state index contributed by atoms with van der Waals surface area (Å²) in [6.07, 6.45) is 4.71. The number of thiazole rings is 1. The van der Waals surface area contributed by atoms with Gasteiger partial charge in [0.1, 0.15) is 0 Å². The summed E-state index contributed by atoms with van der Waals surface area (Å²) in [6, 6.07) is 3.34. The van der Waals surface area contributed by atoms with E-state index in [1.54, 1.807) is 23.2 Å². The van der Waals surface area contributed by atoms with Crippen LogP contribution >= 0.6 is 11.3 Å². The Kier molecular flexibility index (Phi) is 5.05. The predicted molar refractivity (Wildman–Crippen MR) is 90.2 cm³/mol. The molecule has 1 aliphatic heterocycles. The van der Waals surface area contributed by atoms with Gasteiger partial charge in [0, 0.05) is 36.9 Å². The highest BCUT2D eigenvalue weighted by Crippen LogP contribution is 2.21. The molecule has 1 atom stereocenters. The van der Waals surface area contributed by atoms with Crippen LogP contribution in [0, 0.1) is 5.92 Å². The van der Waals surface area contributed by atoms with E-state index in [0.29, 0.717) is 29.7 Å². The van der Waals surface area contributed by atoms with Crippen molar-refractivity contribution in [3.8, 4) is 5.88 Å². The van der Waals surface area contributed by atoms with Gasteiger partial charge in [0.25, 0.3) is 5.91 Å². The Morgan fingerprint density at radius 3 is 2.92 bits per heavy atom. The number of nitrogens with zero attached hydrogens (tertiary/aromatic N) is 3. The molecule has 0 radical (unpaired) electrons. The molecule has 1 fully saturated rings. The molecule has 24 heavy (non-hydrogen) atoms. The van der Waals surface area contributed by atoms with Crippen LogP contribution < -0.4 is 10.1 Å². The van der Waals surface area contributed by atoms with Crippen LogP contribution in [0.4, 0.5) is 5.13 Å². The van der Waals surface area contributed by atoms with Crippen molar-refractivity contribution in [2.75, 3.05) is 25.5 Å². The van der Waals surface area contributed by atoms with Crippen LogP contribution in [0.5, 0.6) is 5.88 Å². The molecule has 0 unspecified atom stereocenters. The lowest BCUT2D eigenvalue weighted by atomic mass is 9.96. The molecule has 3 rings (SSSR count). The summed E-state index contributed by atoms with van der Waals surface area (Å²) in [5.74, 6) is 0.0379. The van der Waals surface area contributed by atoms with Gasteiger partial charge in [0.2, 0.25) is 11.8 Å². The molecule has 0 aliphatic carbocycles. The van der Waals surface area contributed by atoms with Crippen LogP contribution in [0.25, 0.3) is 0 Å². The molecule has 0 spiro atoms. The van der Waals surface area contributed by atoms with Gasteiger partial charge in [-0.05, 0) is 18.9 Å². The first-order chi connectivity index (χ1) is 11.7. The number of pyridine rings is 1. The first-order valence-electron chi connectivity index (χ1n) is 7.67. The molecular formula is C16H18N4O3S. The molecule has 0 aromatic carbocycles. The Morgan fingerprint density at radius 1 is 1.38 bits per heavy atom. The number of anilines is 1. The molecule has 8 heteroatoms. The first-order valence-corrected chi connectivity index (χ1v) is 8.55. The molecule has 1 saturated heterocycles. The third-order valence-corrected chi connectivity index (χ3v) is 4.62. The normalized spacial score (nSPS) is 17.4. The maximum Gasteiger partial charge on any atom is 0.255 e. The number of ether oxygens (including phenoxy) is 1. The molecule has 7 nitrogen and oxygen atoms in total. The summed E-state index contributed by atoms with van der Waals surface area (Å²) < 4.78 is 5.00. The minimum Gasteiger partial charge on any atom is -0.481 e. The monoisotopic (exact) mass is 346 g/mol. The Hall–Kier alpha value is -2.48. The number of hydrogen-bond donors (Lipinski definition) is 1. The number of piperidine rings is 1.